The highest BCUT2D eigenvalue weighted by Gasteiger charge is 2.07. The Hall–Kier alpha value is -1.75. The quantitative estimate of drug-likeness (QED) is 0.877. The van der Waals surface area contributed by atoms with E-state index in [-0.39, 0.29) is 0 Å². The molecule has 1 heterocycles. The second kappa shape index (κ2) is 5.93. The lowest BCUT2D eigenvalue weighted by Gasteiger charge is -2.12. The number of rotatable bonds is 4. The van der Waals surface area contributed by atoms with Gasteiger partial charge in [0, 0.05) is 10.5 Å². The standard InChI is InChI=1S/C14H15BrN2O2/c1-9-6-10(15)7-12(16)14(9)19-8-11-4-3-5-13(17-11)18-2/h3-7H,8,16H2,1-2H3. The summed E-state index contributed by atoms with van der Waals surface area (Å²) in [5, 5.41) is 0. The van der Waals surface area contributed by atoms with Crippen molar-refractivity contribution in [2.45, 2.75) is 13.5 Å². The second-order valence-corrected chi connectivity index (χ2v) is 5.02. The van der Waals surface area contributed by atoms with Gasteiger partial charge < -0.3 is 15.2 Å². The van der Waals surface area contributed by atoms with Crippen LogP contribution in [-0.2, 0) is 6.61 Å². The molecule has 2 rings (SSSR count). The highest BCUT2D eigenvalue weighted by atomic mass is 79.9. The molecule has 0 spiro atoms. The number of aryl methyl sites for hydroxylation is 1. The number of nitrogens with two attached hydrogens (primary N) is 1. The summed E-state index contributed by atoms with van der Waals surface area (Å²) >= 11 is 3.40. The number of nitrogens with zero attached hydrogens (tertiary/aromatic N) is 1. The van der Waals surface area contributed by atoms with E-state index in [4.69, 9.17) is 15.2 Å². The normalized spacial score (nSPS) is 10.3. The fourth-order valence-corrected chi connectivity index (χ4v) is 2.34. The zero-order chi connectivity index (χ0) is 13.8. The number of aromatic nitrogens is 1. The van der Waals surface area contributed by atoms with E-state index in [0.717, 1.165) is 15.7 Å². The molecule has 0 aliphatic carbocycles. The molecule has 0 saturated carbocycles. The molecule has 1 aromatic carbocycles. The lowest BCUT2D eigenvalue weighted by molar-refractivity contribution is 0.297. The van der Waals surface area contributed by atoms with Gasteiger partial charge in [-0.15, -0.1) is 0 Å². The van der Waals surface area contributed by atoms with Gasteiger partial charge in [0.05, 0.1) is 18.5 Å². The van der Waals surface area contributed by atoms with Crippen molar-refractivity contribution in [1.82, 2.24) is 4.98 Å². The molecular weight excluding hydrogens is 308 g/mol. The van der Waals surface area contributed by atoms with E-state index < -0.39 is 0 Å². The van der Waals surface area contributed by atoms with Crippen molar-refractivity contribution in [1.29, 1.82) is 0 Å². The van der Waals surface area contributed by atoms with E-state index in [1.54, 1.807) is 13.2 Å². The molecule has 0 saturated heterocycles. The Kier molecular flexibility index (Phi) is 4.27. The Morgan fingerprint density at radius 1 is 1.32 bits per heavy atom. The van der Waals surface area contributed by atoms with E-state index in [9.17, 15) is 0 Å². The first-order valence-corrected chi connectivity index (χ1v) is 6.58. The number of benzene rings is 1. The third-order valence-electron chi connectivity index (χ3n) is 2.62. The summed E-state index contributed by atoms with van der Waals surface area (Å²) in [4.78, 5) is 4.29. The number of ether oxygens (including phenoxy) is 2. The second-order valence-electron chi connectivity index (χ2n) is 4.10. The maximum atomic E-state index is 5.94. The third-order valence-corrected chi connectivity index (χ3v) is 3.08. The van der Waals surface area contributed by atoms with Gasteiger partial charge in [0.2, 0.25) is 5.88 Å². The predicted octanol–water partition coefficient (Wildman–Crippen LogP) is 3.32. The van der Waals surface area contributed by atoms with Crippen LogP contribution in [0.2, 0.25) is 0 Å². The maximum Gasteiger partial charge on any atom is 0.213 e. The van der Waals surface area contributed by atoms with Crippen LogP contribution in [0, 0.1) is 6.92 Å². The average molecular weight is 323 g/mol. The van der Waals surface area contributed by atoms with Crippen LogP contribution < -0.4 is 15.2 Å². The van der Waals surface area contributed by atoms with Crippen molar-refractivity contribution >= 4 is 21.6 Å². The molecule has 5 heteroatoms. The number of anilines is 1. The van der Waals surface area contributed by atoms with Gasteiger partial charge in [-0.3, -0.25) is 0 Å². The van der Waals surface area contributed by atoms with Gasteiger partial charge in [-0.25, -0.2) is 4.98 Å². The molecule has 2 N–H and O–H groups in total. The summed E-state index contributed by atoms with van der Waals surface area (Å²) in [6.45, 7) is 2.30. The number of hydrogen-bond donors (Lipinski definition) is 1. The van der Waals surface area contributed by atoms with Crippen molar-refractivity contribution in [3.63, 3.8) is 0 Å². The number of hydrogen-bond acceptors (Lipinski definition) is 4. The summed E-state index contributed by atoms with van der Waals surface area (Å²) in [6.07, 6.45) is 0. The van der Waals surface area contributed by atoms with Crippen molar-refractivity contribution in [2.75, 3.05) is 12.8 Å². The molecule has 0 aliphatic heterocycles. The van der Waals surface area contributed by atoms with Crippen molar-refractivity contribution < 1.29 is 9.47 Å². The molecular formula is C14H15BrN2O2. The topological polar surface area (TPSA) is 57.4 Å². The Balaban J connectivity index is 2.14. The fourth-order valence-electron chi connectivity index (χ4n) is 1.75. The zero-order valence-electron chi connectivity index (χ0n) is 10.8. The number of nitrogen functional groups attached to an aromatic ring is 1. The van der Waals surface area contributed by atoms with Gasteiger partial charge in [-0.1, -0.05) is 22.0 Å². The molecule has 0 fully saturated rings. The molecule has 0 radical (unpaired) electrons. The van der Waals surface area contributed by atoms with Gasteiger partial charge in [0.25, 0.3) is 0 Å². The molecule has 1 aromatic heterocycles. The smallest absolute Gasteiger partial charge is 0.213 e. The van der Waals surface area contributed by atoms with Gasteiger partial charge in [-0.2, -0.15) is 0 Å². The molecule has 0 amide bonds. The van der Waals surface area contributed by atoms with Crippen molar-refractivity contribution in [3.05, 3.63) is 46.1 Å². The minimum absolute atomic E-state index is 0.351. The average Bonchev–Trinajstić information content (AvgIpc) is 2.37. The first-order chi connectivity index (χ1) is 9.10. The van der Waals surface area contributed by atoms with Crippen LogP contribution in [0.5, 0.6) is 11.6 Å². The van der Waals surface area contributed by atoms with Crippen LogP contribution in [0.15, 0.2) is 34.8 Å². The summed E-state index contributed by atoms with van der Waals surface area (Å²) in [6, 6.07) is 9.34. The van der Waals surface area contributed by atoms with Crippen LogP contribution in [0.4, 0.5) is 5.69 Å². The Morgan fingerprint density at radius 2 is 2.11 bits per heavy atom. The predicted molar refractivity (Wildman–Crippen MR) is 78.4 cm³/mol. The molecule has 0 unspecified atom stereocenters. The van der Waals surface area contributed by atoms with Crippen LogP contribution in [-0.4, -0.2) is 12.1 Å². The lowest BCUT2D eigenvalue weighted by Crippen LogP contribution is -2.03. The van der Waals surface area contributed by atoms with E-state index >= 15 is 0 Å². The first-order valence-electron chi connectivity index (χ1n) is 5.78. The Morgan fingerprint density at radius 3 is 2.79 bits per heavy atom. The van der Waals surface area contributed by atoms with Gasteiger partial charge >= 0.3 is 0 Å². The van der Waals surface area contributed by atoms with Gasteiger partial charge in [-0.05, 0) is 30.7 Å². The highest BCUT2D eigenvalue weighted by Crippen LogP contribution is 2.30. The molecule has 19 heavy (non-hydrogen) atoms. The van der Waals surface area contributed by atoms with Crippen LogP contribution in [0.25, 0.3) is 0 Å². The number of halogens is 1. The Labute approximate surface area is 120 Å². The summed E-state index contributed by atoms with van der Waals surface area (Å²) in [5.41, 5.74) is 8.32. The van der Waals surface area contributed by atoms with Crippen molar-refractivity contribution in [3.8, 4) is 11.6 Å². The number of methoxy groups -OCH3 is 1. The van der Waals surface area contributed by atoms with E-state index in [1.165, 1.54) is 0 Å². The Bertz CT molecular complexity index is 564. The fraction of sp³-hybridized carbons (Fsp3) is 0.214. The minimum atomic E-state index is 0.351. The summed E-state index contributed by atoms with van der Waals surface area (Å²) in [5.74, 6) is 1.26. The molecule has 0 bridgehead atoms. The van der Waals surface area contributed by atoms with Crippen LogP contribution in [0.1, 0.15) is 11.3 Å². The summed E-state index contributed by atoms with van der Waals surface area (Å²) < 4.78 is 11.8. The van der Waals surface area contributed by atoms with E-state index in [1.807, 2.05) is 31.2 Å². The third kappa shape index (κ3) is 3.38. The minimum Gasteiger partial charge on any atom is -0.485 e. The van der Waals surface area contributed by atoms with E-state index in [0.29, 0.717) is 23.9 Å². The summed E-state index contributed by atoms with van der Waals surface area (Å²) in [7, 11) is 1.59. The van der Waals surface area contributed by atoms with Gasteiger partial charge in [0.1, 0.15) is 12.4 Å². The largest absolute Gasteiger partial charge is 0.485 e. The van der Waals surface area contributed by atoms with Gasteiger partial charge in [0.15, 0.2) is 0 Å². The van der Waals surface area contributed by atoms with Crippen molar-refractivity contribution in [2.24, 2.45) is 0 Å². The van der Waals surface area contributed by atoms with Crippen LogP contribution in [0.3, 0.4) is 0 Å². The molecule has 0 aliphatic rings. The molecule has 100 valence electrons. The monoisotopic (exact) mass is 322 g/mol. The molecule has 2 aromatic rings. The van der Waals surface area contributed by atoms with E-state index in [2.05, 4.69) is 20.9 Å². The van der Waals surface area contributed by atoms with Crippen LogP contribution >= 0.6 is 15.9 Å². The molecule has 0 atom stereocenters. The lowest BCUT2D eigenvalue weighted by atomic mass is 10.2. The SMILES string of the molecule is COc1cccc(COc2c(C)cc(Br)cc2N)n1. The first kappa shape index (κ1) is 13.7. The maximum absolute atomic E-state index is 5.94. The molecule has 4 nitrogen and oxygen atoms in total. The zero-order valence-corrected chi connectivity index (χ0v) is 12.4. The highest BCUT2D eigenvalue weighted by molar-refractivity contribution is 9.10. The number of pyridine rings is 1.